The van der Waals surface area contributed by atoms with Crippen molar-refractivity contribution < 1.29 is 14.7 Å². The minimum Gasteiger partial charge on any atom is -0.480 e. The molecule has 0 aliphatic carbocycles. The van der Waals surface area contributed by atoms with Crippen LogP contribution < -0.4 is 0 Å². The molecule has 1 aliphatic heterocycles. The van der Waals surface area contributed by atoms with Gasteiger partial charge >= 0.3 is 5.97 Å². The zero-order valence-corrected chi connectivity index (χ0v) is 10.1. The molecular formula is C13H16N2O3. The topological polar surface area (TPSA) is 70.5 Å². The summed E-state index contributed by atoms with van der Waals surface area (Å²) in [5.41, 5.74) is 0.997. The highest BCUT2D eigenvalue weighted by Crippen LogP contribution is 2.19. The Morgan fingerprint density at radius 3 is 3.00 bits per heavy atom. The lowest BCUT2D eigenvalue weighted by atomic mass is 10.1. The van der Waals surface area contributed by atoms with Crippen molar-refractivity contribution in [2.75, 3.05) is 6.54 Å². The van der Waals surface area contributed by atoms with Crippen LogP contribution in [-0.2, 0) is 16.0 Å². The van der Waals surface area contributed by atoms with Gasteiger partial charge < -0.3 is 10.0 Å². The van der Waals surface area contributed by atoms with Gasteiger partial charge in [-0.3, -0.25) is 9.78 Å². The van der Waals surface area contributed by atoms with Gasteiger partial charge in [0.1, 0.15) is 6.04 Å². The number of aromatic nitrogens is 1. The summed E-state index contributed by atoms with van der Waals surface area (Å²) in [5, 5.41) is 9.01. The normalized spacial score (nSPS) is 18.9. The number of rotatable bonds is 4. The average Bonchev–Trinajstić information content (AvgIpc) is 2.86. The standard InChI is InChI=1S/C13H16N2O3/c16-12(6-5-10-3-1-7-14-9-10)15-8-2-4-11(15)13(17)18/h1,3,7,9,11H,2,4-6,8H2,(H,17,18)/t11-/m1/s1. The summed E-state index contributed by atoms with van der Waals surface area (Å²) in [6.07, 6.45) is 5.70. The zero-order chi connectivity index (χ0) is 13.0. The molecule has 1 N–H and O–H groups in total. The van der Waals surface area contributed by atoms with Crippen molar-refractivity contribution in [3.05, 3.63) is 30.1 Å². The molecule has 0 aromatic carbocycles. The van der Waals surface area contributed by atoms with Crippen LogP contribution in [0.2, 0.25) is 0 Å². The van der Waals surface area contributed by atoms with Crippen molar-refractivity contribution in [2.24, 2.45) is 0 Å². The van der Waals surface area contributed by atoms with Crippen molar-refractivity contribution in [3.8, 4) is 0 Å². The van der Waals surface area contributed by atoms with Gasteiger partial charge in [0.2, 0.25) is 5.91 Å². The molecule has 0 spiro atoms. The van der Waals surface area contributed by atoms with Crippen molar-refractivity contribution in [1.82, 2.24) is 9.88 Å². The maximum Gasteiger partial charge on any atom is 0.326 e. The number of hydrogen-bond donors (Lipinski definition) is 1. The van der Waals surface area contributed by atoms with Crippen LogP contribution in [-0.4, -0.2) is 39.5 Å². The number of pyridine rings is 1. The molecule has 1 saturated heterocycles. The Morgan fingerprint density at radius 1 is 1.50 bits per heavy atom. The summed E-state index contributed by atoms with van der Waals surface area (Å²) >= 11 is 0. The highest BCUT2D eigenvalue weighted by atomic mass is 16.4. The number of carbonyl (C=O) groups is 2. The molecule has 1 aliphatic rings. The maximum atomic E-state index is 12.0. The van der Waals surface area contributed by atoms with Crippen LogP contribution >= 0.6 is 0 Å². The molecule has 0 radical (unpaired) electrons. The second kappa shape index (κ2) is 5.62. The summed E-state index contributed by atoms with van der Waals surface area (Å²) in [5.74, 6) is -0.981. The number of carboxylic acids is 1. The third kappa shape index (κ3) is 2.85. The highest BCUT2D eigenvalue weighted by molar-refractivity contribution is 5.84. The van der Waals surface area contributed by atoms with Crippen molar-refractivity contribution >= 4 is 11.9 Å². The summed E-state index contributed by atoms with van der Waals surface area (Å²) in [6, 6.07) is 3.11. The molecule has 1 amide bonds. The zero-order valence-electron chi connectivity index (χ0n) is 10.1. The summed E-state index contributed by atoms with van der Waals surface area (Å²) in [4.78, 5) is 28.4. The molecule has 1 aromatic rings. The largest absolute Gasteiger partial charge is 0.480 e. The molecule has 2 heterocycles. The fourth-order valence-electron chi connectivity index (χ4n) is 2.26. The van der Waals surface area contributed by atoms with Crippen LogP contribution in [0.4, 0.5) is 0 Å². The van der Waals surface area contributed by atoms with E-state index < -0.39 is 12.0 Å². The van der Waals surface area contributed by atoms with Crippen molar-refractivity contribution in [1.29, 1.82) is 0 Å². The fraction of sp³-hybridized carbons (Fsp3) is 0.462. The first kappa shape index (κ1) is 12.5. The molecule has 0 unspecified atom stereocenters. The van der Waals surface area contributed by atoms with Crippen molar-refractivity contribution in [3.63, 3.8) is 0 Å². The van der Waals surface area contributed by atoms with Crippen LogP contribution in [0.3, 0.4) is 0 Å². The molecule has 18 heavy (non-hydrogen) atoms. The number of aliphatic carboxylic acids is 1. The van der Waals surface area contributed by atoms with Crippen LogP contribution in [0.15, 0.2) is 24.5 Å². The van der Waals surface area contributed by atoms with Crippen LogP contribution in [0.1, 0.15) is 24.8 Å². The fourth-order valence-corrected chi connectivity index (χ4v) is 2.26. The molecular weight excluding hydrogens is 232 g/mol. The lowest BCUT2D eigenvalue weighted by Gasteiger charge is -2.21. The number of carboxylic acid groups (broad SMARTS) is 1. The number of aryl methyl sites for hydroxylation is 1. The maximum absolute atomic E-state index is 12.0. The van der Waals surface area contributed by atoms with E-state index in [9.17, 15) is 9.59 Å². The van der Waals surface area contributed by atoms with E-state index in [1.54, 1.807) is 12.4 Å². The first-order valence-corrected chi connectivity index (χ1v) is 6.09. The minimum absolute atomic E-state index is 0.0799. The second-order valence-corrected chi connectivity index (χ2v) is 4.44. The first-order chi connectivity index (χ1) is 8.68. The van der Waals surface area contributed by atoms with E-state index in [0.717, 1.165) is 12.0 Å². The van der Waals surface area contributed by atoms with E-state index in [1.165, 1.54) is 4.90 Å². The van der Waals surface area contributed by atoms with Gasteiger partial charge in [-0.15, -0.1) is 0 Å². The summed E-state index contributed by atoms with van der Waals surface area (Å²) in [7, 11) is 0. The van der Waals surface area contributed by atoms with E-state index in [4.69, 9.17) is 5.11 Å². The Morgan fingerprint density at radius 2 is 2.33 bits per heavy atom. The van der Waals surface area contributed by atoms with Gasteiger partial charge in [0.15, 0.2) is 0 Å². The minimum atomic E-state index is -0.901. The van der Waals surface area contributed by atoms with E-state index in [0.29, 0.717) is 25.8 Å². The van der Waals surface area contributed by atoms with Crippen LogP contribution in [0.25, 0.3) is 0 Å². The lowest BCUT2D eigenvalue weighted by molar-refractivity contribution is -0.148. The molecule has 5 heteroatoms. The van der Waals surface area contributed by atoms with Gasteiger partial charge in [-0.1, -0.05) is 6.07 Å². The smallest absolute Gasteiger partial charge is 0.326 e. The monoisotopic (exact) mass is 248 g/mol. The van der Waals surface area contributed by atoms with Crippen LogP contribution in [0.5, 0.6) is 0 Å². The van der Waals surface area contributed by atoms with Gasteiger partial charge in [-0.25, -0.2) is 4.79 Å². The van der Waals surface area contributed by atoms with E-state index in [2.05, 4.69) is 4.98 Å². The van der Waals surface area contributed by atoms with Gasteiger partial charge in [0.05, 0.1) is 0 Å². The van der Waals surface area contributed by atoms with Gasteiger partial charge in [0, 0.05) is 25.4 Å². The molecule has 0 bridgehead atoms. The summed E-state index contributed by atoms with van der Waals surface area (Å²) < 4.78 is 0. The first-order valence-electron chi connectivity index (χ1n) is 6.09. The molecule has 96 valence electrons. The molecule has 0 saturated carbocycles. The number of hydrogen-bond acceptors (Lipinski definition) is 3. The Balaban J connectivity index is 1.90. The number of nitrogens with zero attached hydrogens (tertiary/aromatic N) is 2. The van der Waals surface area contributed by atoms with E-state index >= 15 is 0 Å². The Labute approximate surface area is 105 Å². The Bertz CT molecular complexity index is 433. The highest BCUT2D eigenvalue weighted by Gasteiger charge is 2.33. The Hall–Kier alpha value is -1.91. The van der Waals surface area contributed by atoms with Gasteiger partial charge in [0.25, 0.3) is 0 Å². The third-order valence-electron chi connectivity index (χ3n) is 3.21. The van der Waals surface area contributed by atoms with E-state index in [-0.39, 0.29) is 5.91 Å². The SMILES string of the molecule is O=C(O)[C@H]1CCCN1C(=O)CCc1cccnc1. The van der Waals surface area contributed by atoms with E-state index in [1.807, 2.05) is 12.1 Å². The lowest BCUT2D eigenvalue weighted by Crippen LogP contribution is -2.40. The quantitative estimate of drug-likeness (QED) is 0.865. The van der Waals surface area contributed by atoms with Gasteiger partial charge in [-0.05, 0) is 30.9 Å². The molecule has 1 aromatic heterocycles. The second-order valence-electron chi connectivity index (χ2n) is 4.44. The van der Waals surface area contributed by atoms with Crippen molar-refractivity contribution in [2.45, 2.75) is 31.7 Å². The third-order valence-corrected chi connectivity index (χ3v) is 3.21. The number of amides is 1. The van der Waals surface area contributed by atoms with Gasteiger partial charge in [-0.2, -0.15) is 0 Å². The summed E-state index contributed by atoms with van der Waals surface area (Å²) in [6.45, 7) is 0.558. The predicted molar refractivity (Wildman–Crippen MR) is 64.9 cm³/mol. The molecule has 1 fully saturated rings. The molecule has 2 rings (SSSR count). The predicted octanol–water partition coefficient (Wildman–Crippen LogP) is 1.09. The average molecular weight is 248 g/mol. The Kier molecular flexibility index (Phi) is 3.92. The molecule has 5 nitrogen and oxygen atoms in total. The number of likely N-dealkylation sites (tertiary alicyclic amines) is 1. The molecule has 1 atom stereocenters. The van der Waals surface area contributed by atoms with Crippen LogP contribution in [0, 0.1) is 0 Å². The number of carbonyl (C=O) groups excluding carboxylic acids is 1.